The van der Waals surface area contributed by atoms with Crippen molar-refractivity contribution in [1.82, 2.24) is 14.9 Å². The Hall–Kier alpha value is -2.24. The number of para-hydroxylation sites is 2. The molecule has 0 radical (unpaired) electrons. The zero-order chi connectivity index (χ0) is 18.0. The molecule has 0 spiro atoms. The molecule has 2 aromatic carbocycles. The number of carbonyl (C=O) groups is 1. The van der Waals surface area contributed by atoms with Crippen molar-refractivity contribution in [3.8, 4) is 0 Å². The summed E-state index contributed by atoms with van der Waals surface area (Å²) in [5, 5.41) is 2.98. The van der Waals surface area contributed by atoms with Gasteiger partial charge in [0, 0.05) is 30.3 Å². The summed E-state index contributed by atoms with van der Waals surface area (Å²) in [6.45, 7) is 6.73. The van der Waals surface area contributed by atoms with Crippen molar-refractivity contribution in [2.45, 2.75) is 33.2 Å². The third-order valence-electron chi connectivity index (χ3n) is 4.33. The van der Waals surface area contributed by atoms with Crippen molar-refractivity contribution >= 4 is 47.4 Å². The van der Waals surface area contributed by atoms with E-state index in [-0.39, 0.29) is 30.7 Å². The van der Waals surface area contributed by atoms with E-state index in [1.54, 1.807) is 12.1 Å². The number of hydrogen-bond donors (Lipinski definition) is 2. The molecule has 3 N–H and O–H groups in total. The lowest BCUT2D eigenvalue weighted by molar-refractivity contribution is 0.0953. The zero-order valence-electron chi connectivity index (χ0n) is 15.7. The Labute approximate surface area is 172 Å². The van der Waals surface area contributed by atoms with Crippen LogP contribution >= 0.6 is 24.8 Å². The maximum atomic E-state index is 12.4. The predicted octanol–water partition coefficient (Wildman–Crippen LogP) is 4.32. The molecule has 0 atom stereocenters. The van der Waals surface area contributed by atoms with Gasteiger partial charge in [0.1, 0.15) is 5.82 Å². The molecule has 0 saturated carbocycles. The Morgan fingerprint density at radius 3 is 2.59 bits per heavy atom. The number of nitrogens with one attached hydrogen (secondary N) is 1. The highest BCUT2D eigenvalue weighted by atomic mass is 35.5. The molecule has 3 rings (SSSR count). The molecule has 146 valence electrons. The lowest BCUT2D eigenvalue weighted by atomic mass is 10.1. The number of nitrogens with two attached hydrogens (primary N) is 1. The number of nitrogens with zero attached hydrogens (tertiary/aromatic N) is 2. The van der Waals surface area contributed by atoms with E-state index in [2.05, 4.69) is 29.8 Å². The number of rotatable bonds is 5. The molecule has 0 fully saturated rings. The summed E-state index contributed by atoms with van der Waals surface area (Å²) in [6.07, 6.45) is 0.681. The van der Waals surface area contributed by atoms with Crippen LogP contribution in [0.15, 0.2) is 42.5 Å². The summed E-state index contributed by atoms with van der Waals surface area (Å²) in [6, 6.07) is 13.8. The predicted molar refractivity (Wildman–Crippen MR) is 116 cm³/mol. The fourth-order valence-electron chi connectivity index (χ4n) is 3.11. The number of carbonyl (C=O) groups excluding carboxylic acids is 1. The number of fused-ring (bicyclic) bond motifs is 1. The van der Waals surface area contributed by atoms with Crippen LogP contribution in [0.2, 0.25) is 0 Å². The Kier molecular flexibility index (Phi) is 8.13. The maximum Gasteiger partial charge on any atom is 0.251 e. The van der Waals surface area contributed by atoms with Gasteiger partial charge in [0.25, 0.3) is 5.91 Å². The lowest BCUT2D eigenvalue weighted by Gasteiger charge is -2.13. The molecule has 1 heterocycles. The number of halogens is 2. The van der Waals surface area contributed by atoms with Gasteiger partial charge >= 0.3 is 0 Å². The quantitative estimate of drug-likeness (QED) is 0.617. The molecule has 0 bridgehead atoms. The minimum atomic E-state index is -0.1000. The normalized spacial score (nSPS) is 10.4. The molecule has 27 heavy (non-hydrogen) atoms. The molecule has 0 aliphatic heterocycles. The topological polar surface area (TPSA) is 72.9 Å². The third-order valence-corrected chi connectivity index (χ3v) is 4.33. The van der Waals surface area contributed by atoms with E-state index in [4.69, 9.17) is 10.7 Å². The van der Waals surface area contributed by atoms with Gasteiger partial charge in [0.2, 0.25) is 0 Å². The Balaban J connectivity index is 0.00000182. The first-order valence-electron chi connectivity index (χ1n) is 8.57. The number of amides is 1. The largest absolute Gasteiger partial charge is 0.399 e. The summed E-state index contributed by atoms with van der Waals surface area (Å²) in [4.78, 5) is 17.1. The fraction of sp³-hybridized carbons (Fsp3) is 0.300. The van der Waals surface area contributed by atoms with Crippen LogP contribution in [0.3, 0.4) is 0 Å². The van der Waals surface area contributed by atoms with E-state index in [0.717, 1.165) is 22.4 Å². The van der Waals surface area contributed by atoms with E-state index in [1.807, 2.05) is 31.2 Å². The molecular weight excluding hydrogens is 383 g/mol. The first-order chi connectivity index (χ1) is 12.0. The summed E-state index contributed by atoms with van der Waals surface area (Å²) in [5.41, 5.74) is 10.0. The highest BCUT2D eigenvalue weighted by molar-refractivity contribution is 5.96. The van der Waals surface area contributed by atoms with Crippen molar-refractivity contribution in [3.63, 3.8) is 0 Å². The van der Waals surface area contributed by atoms with Gasteiger partial charge in [-0.25, -0.2) is 4.98 Å². The third kappa shape index (κ3) is 4.93. The van der Waals surface area contributed by atoms with Crippen LogP contribution in [-0.4, -0.2) is 22.0 Å². The van der Waals surface area contributed by atoms with E-state index in [9.17, 15) is 4.79 Å². The molecule has 0 aliphatic rings. The summed E-state index contributed by atoms with van der Waals surface area (Å²) >= 11 is 0. The molecule has 0 unspecified atom stereocenters. The first kappa shape index (κ1) is 22.8. The first-order valence-corrected chi connectivity index (χ1v) is 8.57. The second kappa shape index (κ2) is 9.62. The van der Waals surface area contributed by atoms with Gasteiger partial charge in [0.15, 0.2) is 0 Å². The summed E-state index contributed by atoms with van der Waals surface area (Å²) < 4.78 is 2.23. The highest BCUT2D eigenvalue weighted by Crippen LogP contribution is 2.21. The smallest absolute Gasteiger partial charge is 0.251 e. The summed E-state index contributed by atoms with van der Waals surface area (Å²) in [5.74, 6) is 0.887. The summed E-state index contributed by atoms with van der Waals surface area (Å²) in [7, 11) is 0. The minimum absolute atomic E-state index is 0. The molecule has 1 amide bonds. The number of aromatic nitrogens is 2. The van der Waals surface area contributed by atoms with Crippen LogP contribution in [0.4, 0.5) is 5.69 Å². The number of nitrogen functional groups attached to an aromatic ring is 1. The fourth-order valence-corrected chi connectivity index (χ4v) is 3.11. The van der Waals surface area contributed by atoms with Gasteiger partial charge in [-0.3, -0.25) is 4.79 Å². The molecule has 7 heteroatoms. The van der Waals surface area contributed by atoms with Crippen LogP contribution in [0.25, 0.3) is 11.0 Å². The standard InChI is InChI=1S/C20H24N4O.2ClH/c1-13(2)24-18-7-5-4-6-17(18)23-19(24)10-11-22-20(25)16-12-15(21)9-8-14(16)3;;/h4-9,12-13H,10-11,21H2,1-3H3,(H,22,25);2*1H. The van der Waals surface area contributed by atoms with E-state index < -0.39 is 0 Å². The van der Waals surface area contributed by atoms with Gasteiger partial charge in [-0.1, -0.05) is 18.2 Å². The van der Waals surface area contributed by atoms with Crippen LogP contribution in [0.1, 0.15) is 41.6 Å². The monoisotopic (exact) mass is 408 g/mol. The van der Waals surface area contributed by atoms with Gasteiger partial charge in [-0.2, -0.15) is 0 Å². The van der Waals surface area contributed by atoms with E-state index in [0.29, 0.717) is 30.3 Å². The number of aryl methyl sites for hydroxylation is 1. The Morgan fingerprint density at radius 2 is 1.89 bits per heavy atom. The molecule has 0 saturated heterocycles. The number of hydrogen-bond acceptors (Lipinski definition) is 3. The second-order valence-corrected chi connectivity index (χ2v) is 6.56. The highest BCUT2D eigenvalue weighted by Gasteiger charge is 2.14. The van der Waals surface area contributed by atoms with Gasteiger partial charge in [-0.05, 0) is 50.6 Å². The molecule has 0 aliphatic carbocycles. The Bertz CT molecular complexity index is 921. The van der Waals surface area contributed by atoms with Crippen molar-refractivity contribution in [2.24, 2.45) is 0 Å². The maximum absolute atomic E-state index is 12.4. The van der Waals surface area contributed by atoms with Crippen LogP contribution in [0, 0.1) is 6.92 Å². The molecule has 3 aromatic rings. The van der Waals surface area contributed by atoms with Crippen LogP contribution in [-0.2, 0) is 6.42 Å². The van der Waals surface area contributed by atoms with Crippen LogP contribution in [0.5, 0.6) is 0 Å². The number of benzene rings is 2. The van der Waals surface area contributed by atoms with E-state index >= 15 is 0 Å². The minimum Gasteiger partial charge on any atom is -0.399 e. The lowest BCUT2D eigenvalue weighted by Crippen LogP contribution is -2.27. The average Bonchev–Trinajstić information content (AvgIpc) is 2.95. The van der Waals surface area contributed by atoms with Gasteiger partial charge in [0.05, 0.1) is 11.0 Å². The number of imidazole rings is 1. The number of anilines is 1. The van der Waals surface area contributed by atoms with Crippen LogP contribution < -0.4 is 11.1 Å². The zero-order valence-corrected chi connectivity index (χ0v) is 17.4. The van der Waals surface area contributed by atoms with E-state index in [1.165, 1.54) is 0 Å². The molecular formula is C20H26Cl2N4O. The second-order valence-electron chi connectivity index (χ2n) is 6.56. The average molecular weight is 409 g/mol. The Morgan fingerprint density at radius 1 is 1.19 bits per heavy atom. The molecule has 1 aromatic heterocycles. The van der Waals surface area contributed by atoms with Gasteiger partial charge in [-0.15, -0.1) is 24.8 Å². The van der Waals surface area contributed by atoms with Crippen molar-refractivity contribution in [3.05, 3.63) is 59.4 Å². The van der Waals surface area contributed by atoms with Gasteiger partial charge < -0.3 is 15.6 Å². The SMILES string of the molecule is Cc1ccc(N)cc1C(=O)NCCc1nc2ccccc2n1C(C)C.Cl.Cl. The van der Waals surface area contributed by atoms with Crippen molar-refractivity contribution in [1.29, 1.82) is 0 Å². The van der Waals surface area contributed by atoms with Crippen molar-refractivity contribution < 1.29 is 4.79 Å². The van der Waals surface area contributed by atoms with Crippen molar-refractivity contribution in [2.75, 3.05) is 12.3 Å². The molecule has 5 nitrogen and oxygen atoms in total.